The van der Waals surface area contributed by atoms with Gasteiger partial charge >= 0.3 is 0 Å². The van der Waals surface area contributed by atoms with Crippen molar-refractivity contribution in [2.45, 2.75) is 58.4 Å². The van der Waals surface area contributed by atoms with E-state index in [1.54, 1.807) is 24.3 Å². The Balaban J connectivity index is 2.89. The molecular formula is C18H30N2O3S. The Morgan fingerprint density at radius 1 is 1.04 bits per heavy atom. The van der Waals surface area contributed by atoms with Crippen LogP contribution in [0.5, 0.6) is 0 Å². The second kappa shape index (κ2) is 9.18. The molecule has 0 heterocycles. The number of rotatable bonds is 9. The summed E-state index contributed by atoms with van der Waals surface area (Å²) in [5.41, 5.74) is 0.896. The van der Waals surface area contributed by atoms with Gasteiger partial charge in [0.05, 0.1) is 10.9 Å². The van der Waals surface area contributed by atoms with Crippen molar-refractivity contribution in [1.29, 1.82) is 0 Å². The Morgan fingerprint density at radius 2 is 1.54 bits per heavy atom. The van der Waals surface area contributed by atoms with Crippen molar-refractivity contribution < 1.29 is 13.2 Å². The van der Waals surface area contributed by atoms with E-state index in [-0.39, 0.29) is 22.8 Å². The maximum Gasteiger partial charge on any atom is 0.243 e. The molecule has 1 aromatic rings. The van der Waals surface area contributed by atoms with E-state index in [0.717, 1.165) is 18.4 Å². The predicted molar refractivity (Wildman–Crippen MR) is 97.2 cm³/mol. The minimum absolute atomic E-state index is 0.0229. The highest BCUT2D eigenvalue weighted by Crippen LogP contribution is 2.20. The average molecular weight is 355 g/mol. The summed E-state index contributed by atoms with van der Waals surface area (Å²) in [5.74, 6) is 0.0714. The fraction of sp³-hybridized carbons (Fsp3) is 0.611. The molecule has 0 saturated carbocycles. The normalized spacial score (nSPS) is 13.3. The molecule has 24 heavy (non-hydrogen) atoms. The smallest absolute Gasteiger partial charge is 0.243 e. The van der Waals surface area contributed by atoms with Crippen molar-refractivity contribution in [2.24, 2.45) is 5.92 Å². The van der Waals surface area contributed by atoms with Crippen molar-refractivity contribution in [3.63, 3.8) is 0 Å². The molecule has 1 N–H and O–H groups in total. The van der Waals surface area contributed by atoms with Crippen LogP contribution in [-0.4, -0.2) is 31.7 Å². The molecule has 0 spiro atoms. The number of carbonyl (C=O) groups is 1. The lowest BCUT2D eigenvalue weighted by molar-refractivity contribution is -0.125. The summed E-state index contributed by atoms with van der Waals surface area (Å²) in [7, 11) is -3.44. The second-order valence-corrected chi connectivity index (χ2v) is 7.84. The zero-order valence-electron chi connectivity index (χ0n) is 15.4. The Kier molecular flexibility index (Phi) is 7.90. The van der Waals surface area contributed by atoms with Crippen LogP contribution in [0.25, 0.3) is 0 Å². The van der Waals surface area contributed by atoms with Crippen molar-refractivity contribution in [3.05, 3.63) is 29.8 Å². The van der Waals surface area contributed by atoms with Gasteiger partial charge in [0.25, 0.3) is 0 Å². The molecule has 0 radical (unpaired) electrons. The fourth-order valence-electron chi connectivity index (χ4n) is 2.72. The molecule has 0 fully saturated rings. The number of amides is 1. The molecular weight excluding hydrogens is 324 g/mol. The number of benzene rings is 1. The maximum absolute atomic E-state index is 12.5. The summed E-state index contributed by atoms with van der Waals surface area (Å²) in [6, 6.07) is 6.62. The molecule has 0 aliphatic heterocycles. The van der Waals surface area contributed by atoms with E-state index >= 15 is 0 Å². The van der Waals surface area contributed by atoms with E-state index in [0.29, 0.717) is 13.1 Å². The Labute approximate surface area is 146 Å². The van der Waals surface area contributed by atoms with E-state index in [1.807, 2.05) is 34.6 Å². The van der Waals surface area contributed by atoms with Crippen molar-refractivity contribution in [1.82, 2.24) is 9.62 Å². The first-order valence-electron chi connectivity index (χ1n) is 8.72. The van der Waals surface area contributed by atoms with Gasteiger partial charge in [-0.1, -0.05) is 39.8 Å². The maximum atomic E-state index is 12.5. The Bertz CT molecular complexity index is 618. The van der Waals surface area contributed by atoms with Crippen LogP contribution in [0, 0.1) is 5.92 Å². The van der Waals surface area contributed by atoms with Crippen LogP contribution in [0.2, 0.25) is 0 Å². The van der Waals surface area contributed by atoms with Gasteiger partial charge in [-0.05, 0) is 37.5 Å². The standard InChI is InChI=1S/C18H30N2O3S/c1-6-15(7-2)18(21)19-14(5)16-10-12-17(13-11-16)24(22,23)20(8-3)9-4/h10-15H,6-9H2,1-5H3,(H,19,21). The number of sulfonamides is 1. The summed E-state index contributed by atoms with van der Waals surface area (Å²) in [6.07, 6.45) is 1.63. The van der Waals surface area contributed by atoms with E-state index < -0.39 is 10.0 Å². The van der Waals surface area contributed by atoms with Gasteiger partial charge in [-0.25, -0.2) is 8.42 Å². The first-order valence-corrected chi connectivity index (χ1v) is 10.2. The predicted octanol–water partition coefficient (Wildman–Crippen LogP) is 3.33. The number of nitrogens with one attached hydrogen (secondary N) is 1. The van der Waals surface area contributed by atoms with Gasteiger partial charge in [0, 0.05) is 19.0 Å². The van der Waals surface area contributed by atoms with E-state index in [9.17, 15) is 13.2 Å². The lowest BCUT2D eigenvalue weighted by Crippen LogP contribution is -2.32. The molecule has 1 atom stereocenters. The SMILES string of the molecule is CCC(CC)C(=O)NC(C)c1ccc(S(=O)(=O)N(CC)CC)cc1. The van der Waals surface area contributed by atoms with Gasteiger partial charge in [-0.15, -0.1) is 0 Å². The average Bonchev–Trinajstić information content (AvgIpc) is 2.56. The van der Waals surface area contributed by atoms with Crippen LogP contribution in [0.15, 0.2) is 29.2 Å². The lowest BCUT2D eigenvalue weighted by Gasteiger charge is -2.20. The quantitative estimate of drug-likeness (QED) is 0.740. The molecule has 0 aromatic heterocycles. The lowest BCUT2D eigenvalue weighted by atomic mass is 10.0. The third kappa shape index (κ3) is 4.80. The topological polar surface area (TPSA) is 66.5 Å². The molecule has 1 unspecified atom stereocenters. The molecule has 136 valence electrons. The summed E-state index contributed by atoms with van der Waals surface area (Å²) in [6.45, 7) is 10.5. The van der Waals surface area contributed by atoms with Crippen LogP contribution < -0.4 is 5.32 Å². The Hall–Kier alpha value is -1.40. The van der Waals surface area contributed by atoms with Gasteiger partial charge in [-0.3, -0.25) is 4.79 Å². The van der Waals surface area contributed by atoms with Gasteiger partial charge in [0.2, 0.25) is 15.9 Å². The number of nitrogens with zero attached hydrogens (tertiary/aromatic N) is 1. The van der Waals surface area contributed by atoms with E-state index in [4.69, 9.17) is 0 Å². The fourth-order valence-corrected chi connectivity index (χ4v) is 4.17. The molecule has 0 aliphatic carbocycles. The molecule has 0 bridgehead atoms. The summed E-state index contributed by atoms with van der Waals surface area (Å²) >= 11 is 0. The highest BCUT2D eigenvalue weighted by atomic mass is 32.2. The number of hydrogen-bond donors (Lipinski definition) is 1. The van der Waals surface area contributed by atoms with Crippen LogP contribution >= 0.6 is 0 Å². The minimum atomic E-state index is -3.44. The van der Waals surface area contributed by atoms with Gasteiger partial charge in [0.15, 0.2) is 0 Å². The van der Waals surface area contributed by atoms with Crippen molar-refractivity contribution >= 4 is 15.9 Å². The van der Waals surface area contributed by atoms with Crippen LogP contribution in [-0.2, 0) is 14.8 Å². The third-order valence-electron chi connectivity index (χ3n) is 4.44. The molecule has 1 amide bonds. The first-order chi connectivity index (χ1) is 11.3. The van der Waals surface area contributed by atoms with Crippen molar-refractivity contribution in [2.75, 3.05) is 13.1 Å². The number of carbonyl (C=O) groups excluding carboxylic acids is 1. The van der Waals surface area contributed by atoms with E-state index in [1.165, 1.54) is 4.31 Å². The molecule has 0 saturated heterocycles. The molecule has 0 aliphatic rings. The van der Waals surface area contributed by atoms with Gasteiger partial charge in [0.1, 0.15) is 0 Å². The first kappa shape index (κ1) is 20.6. The summed E-state index contributed by atoms with van der Waals surface area (Å²) < 4.78 is 26.4. The van der Waals surface area contributed by atoms with E-state index in [2.05, 4.69) is 5.32 Å². The van der Waals surface area contributed by atoms with Crippen LogP contribution in [0.3, 0.4) is 0 Å². The highest BCUT2D eigenvalue weighted by molar-refractivity contribution is 7.89. The molecule has 6 heteroatoms. The van der Waals surface area contributed by atoms with Gasteiger partial charge in [-0.2, -0.15) is 4.31 Å². The van der Waals surface area contributed by atoms with Gasteiger partial charge < -0.3 is 5.32 Å². The molecule has 5 nitrogen and oxygen atoms in total. The third-order valence-corrected chi connectivity index (χ3v) is 6.50. The van der Waals surface area contributed by atoms with Crippen LogP contribution in [0.1, 0.15) is 59.1 Å². The second-order valence-electron chi connectivity index (χ2n) is 5.90. The summed E-state index contributed by atoms with van der Waals surface area (Å²) in [4.78, 5) is 12.5. The summed E-state index contributed by atoms with van der Waals surface area (Å²) in [5, 5.41) is 3.00. The highest BCUT2D eigenvalue weighted by Gasteiger charge is 2.22. The van der Waals surface area contributed by atoms with Crippen molar-refractivity contribution in [3.8, 4) is 0 Å². The largest absolute Gasteiger partial charge is 0.349 e. The zero-order chi connectivity index (χ0) is 18.3. The van der Waals surface area contributed by atoms with Crippen LogP contribution in [0.4, 0.5) is 0 Å². The monoisotopic (exact) mass is 354 g/mol. The minimum Gasteiger partial charge on any atom is -0.349 e. The number of hydrogen-bond acceptors (Lipinski definition) is 3. The Morgan fingerprint density at radius 3 is 1.96 bits per heavy atom. The zero-order valence-corrected chi connectivity index (χ0v) is 16.2. The molecule has 1 aromatic carbocycles. The molecule has 1 rings (SSSR count).